The summed E-state index contributed by atoms with van der Waals surface area (Å²) in [4.78, 5) is 9.37. The molecule has 2 saturated heterocycles. The fraction of sp³-hybridized carbons (Fsp3) is 0.923. The molecule has 2 rings (SSSR count). The monoisotopic (exact) mass is 238 g/mol. The quantitative estimate of drug-likeness (QED) is 0.595. The second-order valence-electron chi connectivity index (χ2n) is 5.17. The topological polar surface area (TPSA) is 44.9 Å². The Morgan fingerprint density at radius 1 is 1.18 bits per heavy atom. The number of likely N-dealkylation sites (tertiary alicyclic amines) is 2. The van der Waals surface area contributed by atoms with Crippen molar-refractivity contribution in [1.82, 2.24) is 9.80 Å². The first-order chi connectivity index (χ1) is 8.31. The van der Waals surface area contributed by atoms with Gasteiger partial charge in [-0.3, -0.25) is 9.89 Å². The molecule has 98 valence electrons. The van der Waals surface area contributed by atoms with Crippen LogP contribution in [0.1, 0.15) is 39.0 Å². The van der Waals surface area contributed by atoms with Crippen LogP contribution in [0.3, 0.4) is 0 Å². The van der Waals surface area contributed by atoms with Gasteiger partial charge in [0.05, 0.1) is 6.54 Å². The maximum atomic E-state index is 6.07. The fourth-order valence-electron chi connectivity index (χ4n) is 2.94. The first-order valence-corrected chi connectivity index (χ1v) is 7.10. The van der Waals surface area contributed by atoms with E-state index in [0.717, 1.165) is 32.1 Å². The Kier molecular flexibility index (Phi) is 4.66. The van der Waals surface area contributed by atoms with Gasteiger partial charge in [0.1, 0.15) is 0 Å². The van der Waals surface area contributed by atoms with Gasteiger partial charge in [-0.25, -0.2) is 0 Å². The molecule has 0 aromatic carbocycles. The van der Waals surface area contributed by atoms with Crippen LogP contribution in [-0.2, 0) is 0 Å². The Balaban J connectivity index is 1.82. The number of nitrogens with two attached hydrogens (primary N) is 1. The Bertz CT molecular complexity index is 258. The van der Waals surface area contributed by atoms with Crippen molar-refractivity contribution in [3.63, 3.8) is 0 Å². The summed E-state index contributed by atoms with van der Waals surface area (Å²) in [6, 6.07) is 0.628. The summed E-state index contributed by atoms with van der Waals surface area (Å²) in [6.45, 7) is 7.69. The normalized spacial score (nSPS) is 27.7. The molecule has 2 N–H and O–H groups in total. The Morgan fingerprint density at radius 2 is 1.94 bits per heavy atom. The predicted octanol–water partition coefficient (Wildman–Crippen LogP) is 1.27. The molecule has 4 heteroatoms. The van der Waals surface area contributed by atoms with Crippen LogP contribution in [0.5, 0.6) is 0 Å². The van der Waals surface area contributed by atoms with Crippen molar-refractivity contribution in [3.8, 4) is 0 Å². The van der Waals surface area contributed by atoms with Crippen molar-refractivity contribution in [2.75, 3.05) is 32.7 Å². The second-order valence-corrected chi connectivity index (χ2v) is 5.17. The van der Waals surface area contributed by atoms with E-state index in [4.69, 9.17) is 5.73 Å². The highest BCUT2D eigenvalue weighted by Crippen LogP contribution is 2.17. The molecule has 2 aliphatic heterocycles. The average Bonchev–Trinajstić information content (AvgIpc) is 2.84. The lowest BCUT2D eigenvalue weighted by Crippen LogP contribution is -2.42. The molecule has 0 radical (unpaired) electrons. The molecule has 0 saturated carbocycles. The fourth-order valence-corrected chi connectivity index (χ4v) is 2.94. The molecule has 0 bridgehead atoms. The maximum Gasteiger partial charge on any atom is 0.191 e. The predicted molar refractivity (Wildman–Crippen MR) is 72.2 cm³/mol. The van der Waals surface area contributed by atoms with Gasteiger partial charge in [0.25, 0.3) is 0 Å². The van der Waals surface area contributed by atoms with E-state index in [1.165, 1.54) is 38.6 Å². The first kappa shape index (κ1) is 12.7. The largest absolute Gasteiger partial charge is 0.370 e. The minimum atomic E-state index is 0.628. The van der Waals surface area contributed by atoms with Gasteiger partial charge in [0, 0.05) is 19.1 Å². The van der Waals surface area contributed by atoms with Crippen LogP contribution in [0.2, 0.25) is 0 Å². The number of hydrogen-bond acceptors (Lipinski definition) is 2. The highest BCUT2D eigenvalue weighted by atomic mass is 15.3. The molecule has 1 unspecified atom stereocenters. The number of piperidine rings is 1. The summed E-state index contributed by atoms with van der Waals surface area (Å²) in [7, 11) is 0. The number of nitrogens with zero attached hydrogens (tertiary/aromatic N) is 3. The van der Waals surface area contributed by atoms with Gasteiger partial charge in [0.2, 0.25) is 0 Å². The number of aliphatic imine (C=N–C) groups is 1. The van der Waals surface area contributed by atoms with E-state index in [2.05, 4.69) is 21.7 Å². The summed E-state index contributed by atoms with van der Waals surface area (Å²) in [6.07, 6.45) is 6.47. The van der Waals surface area contributed by atoms with Gasteiger partial charge in [-0.1, -0.05) is 6.92 Å². The zero-order valence-electron chi connectivity index (χ0n) is 11.1. The van der Waals surface area contributed by atoms with Crippen molar-refractivity contribution < 1.29 is 0 Å². The molecule has 1 atom stereocenters. The van der Waals surface area contributed by atoms with Crippen LogP contribution >= 0.6 is 0 Å². The average molecular weight is 238 g/mol. The third kappa shape index (κ3) is 3.35. The smallest absolute Gasteiger partial charge is 0.191 e. The minimum Gasteiger partial charge on any atom is -0.370 e. The van der Waals surface area contributed by atoms with Crippen molar-refractivity contribution in [1.29, 1.82) is 0 Å². The molecule has 2 fully saturated rings. The van der Waals surface area contributed by atoms with E-state index >= 15 is 0 Å². The second kappa shape index (κ2) is 6.24. The molecule has 4 nitrogen and oxygen atoms in total. The van der Waals surface area contributed by atoms with E-state index in [1.54, 1.807) is 0 Å². The van der Waals surface area contributed by atoms with Crippen LogP contribution in [0, 0.1) is 0 Å². The van der Waals surface area contributed by atoms with E-state index in [9.17, 15) is 0 Å². The SMILES string of the molecule is CCN1CCCC1CN=C(N)N1CCCCC1. The minimum absolute atomic E-state index is 0.628. The molecule has 0 amide bonds. The van der Waals surface area contributed by atoms with E-state index < -0.39 is 0 Å². The molecule has 0 aromatic rings. The highest BCUT2D eigenvalue weighted by Gasteiger charge is 2.22. The van der Waals surface area contributed by atoms with Gasteiger partial charge in [-0.05, 0) is 45.2 Å². The standard InChI is InChI=1S/C13H26N4/c1-2-16-10-6-7-12(16)11-15-13(14)17-8-4-3-5-9-17/h12H,2-11H2,1H3,(H2,14,15). The molecule has 0 aromatic heterocycles. The Hall–Kier alpha value is -0.770. The van der Waals surface area contributed by atoms with E-state index in [-0.39, 0.29) is 0 Å². The Labute approximate surface area is 105 Å². The van der Waals surface area contributed by atoms with Crippen molar-refractivity contribution in [2.24, 2.45) is 10.7 Å². The summed E-state index contributed by atoms with van der Waals surface area (Å²) in [5, 5.41) is 0. The van der Waals surface area contributed by atoms with Gasteiger partial charge in [-0.15, -0.1) is 0 Å². The number of rotatable bonds is 3. The first-order valence-electron chi connectivity index (χ1n) is 7.10. The molecule has 17 heavy (non-hydrogen) atoms. The number of likely N-dealkylation sites (N-methyl/N-ethyl adjacent to an activating group) is 1. The van der Waals surface area contributed by atoms with Crippen molar-refractivity contribution >= 4 is 5.96 Å². The molecule has 0 aliphatic carbocycles. The van der Waals surface area contributed by atoms with Gasteiger partial charge in [0.15, 0.2) is 5.96 Å². The van der Waals surface area contributed by atoms with Crippen molar-refractivity contribution in [3.05, 3.63) is 0 Å². The van der Waals surface area contributed by atoms with Crippen LogP contribution in [0.25, 0.3) is 0 Å². The number of hydrogen-bond donors (Lipinski definition) is 1. The third-order valence-corrected chi connectivity index (χ3v) is 4.05. The summed E-state index contributed by atoms with van der Waals surface area (Å²) in [5.74, 6) is 0.771. The van der Waals surface area contributed by atoms with Crippen LogP contribution in [0.15, 0.2) is 4.99 Å². The van der Waals surface area contributed by atoms with Crippen LogP contribution < -0.4 is 5.73 Å². The van der Waals surface area contributed by atoms with Gasteiger partial charge >= 0.3 is 0 Å². The Morgan fingerprint density at radius 3 is 2.65 bits per heavy atom. The maximum absolute atomic E-state index is 6.07. The summed E-state index contributed by atoms with van der Waals surface area (Å²) < 4.78 is 0. The van der Waals surface area contributed by atoms with Gasteiger partial charge in [-0.2, -0.15) is 0 Å². The third-order valence-electron chi connectivity index (χ3n) is 4.05. The number of guanidine groups is 1. The zero-order valence-corrected chi connectivity index (χ0v) is 11.1. The molecule has 2 aliphatic rings. The van der Waals surface area contributed by atoms with Crippen LogP contribution in [-0.4, -0.2) is 54.5 Å². The molecular formula is C13H26N4. The van der Waals surface area contributed by atoms with Crippen molar-refractivity contribution in [2.45, 2.75) is 45.1 Å². The van der Waals surface area contributed by atoms with Crippen LogP contribution in [0.4, 0.5) is 0 Å². The van der Waals surface area contributed by atoms with E-state index in [1.807, 2.05) is 0 Å². The highest BCUT2D eigenvalue weighted by molar-refractivity contribution is 5.78. The molecule has 0 spiro atoms. The lowest BCUT2D eigenvalue weighted by molar-refractivity contribution is 0.271. The van der Waals surface area contributed by atoms with E-state index in [0.29, 0.717) is 6.04 Å². The summed E-state index contributed by atoms with van der Waals surface area (Å²) >= 11 is 0. The lowest BCUT2D eigenvalue weighted by atomic mass is 10.1. The zero-order chi connectivity index (χ0) is 12.1. The lowest BCUT2D eigenvalue weighted by Gasteiger charge is -2.28. The summed E-state index contributed by atoms with van der Waals surface area (Å²) in [5.41, 5.74) is 6.07. The molecule has 2 heterocycles. The van der Waals surface area contributed by atoms with Gasteiger partial charge < -0.3 is 10.6 Å². The molecular weight excluding hydrogens is 212 g/mol.